The second-order valence-electron chi connectivity index (χ2n) is 11.9. The van der Waals surface area contributed by atoms with E-state index in [4.69, 9.17) is 9.11 Å². The maximum Gasteiger partial charge on any atom is 0.460 e. The first-order valence-corrected chi connectivity index (χ1v) is 20.0. The number of hydrogen-bond acceptors (Lipinski definition) is 7. The van der Waals surface area contributed by atoms with Crippen LogP contribution in [0.2, 0.25) is 0 Å². The Morgan fingerprint density at radius 2 is 0.704 bits per heavy atom. The van der Waals surface area contributed by atoms with Gasteiger partial charge in [-0.3, -0.25) is 13.9 Å². The third-order valence-electron chi connectivity index (χ3n) is 7.56. The maximum atomic E-state index is 12.2. The summed E-state index contributed by atoms with van der Waals surface area (Å²) in [5.74, 6) is -23.2. The van der Waals surface area contributed by atoms with E-state index in [0.717, 1.165) is 23.3 Å². The first kappa shape index (κ1) is 52.9. The van der Waals surface area contributed by atoms with E-state index >= 15 is 0 Å². The zero-order chi connectivity index (χ0) is 43.0. The van der Waals surface area contributed by atoms with Crippen molar-refractivity contribution in [1.29, 1.82) is 0 Å². The lowest BCUT2D eigenvalue weighted by atomic mass is 9.91. The Kier molecular flexibility index (Phi) is 18.7. The van der Waals surface area contributed by atoms with Gasteiger partial charge in [0.25, 0.3) is 0 Å². The lowest BCUT2D eigenvalue weighted by molar-refractivity contribution is -0.382. The Labute approximate surface area is 304 Å². The van der Waals surface area contributed by atoms with Crippen molar-refractivity contribution in [2.45, 2.75) is 111 Å². The minimum Gasteiger partial charge on any atom is -0.298 e. The lowest BCUT2D eigenvalue weighted by Crippen LogP contribution is -2.63. The van der Waals surface area contributed by atoms with Crippen molar-refractivity contribution in [1.82, 2.24) is 0 Å². The predicted molar refractivity (Wildman–Crippen MR) is 158 cm³/mol. The van der Waals surface area contributed by atoms with Crippen molar-refractivity contribution in [3.63, 3.8) is 0 Å². The molecule has 0 amide bonds. The minimum atomic E-state index is -7.37. The van der Waals surface area contributed by atoms with Crippen LogP contribution in [0.15, 0.2) is 0 Å². The Balaban J connectivity index is 0.000000786. The zero-order valence-electron chi connectivity index (χ0n) is 26.9. The Hall–Kier alpha value is -1.07. The second kappa shape index (κ2) is 19.1. The fourth-order valence-corrected chi connectivity index (χ4v) is 7.74. The van der Waals surface area contributed by atoms with Crippen LogP contribution in [-0.2, 0) is 25.0 Å². The molecule has 0 unspecified atom stereocenters. The molecule has 0 radical (unpaired) electrons. The molecule has 0 aromatic rings. The molecule has 0 spiro atoms. The standard InChI is InChI=1S/C17H30OS2.2C4HF9O3S/c18-17(13-19-11-15-7-3-1-4-8-15)14-20-12-16-9-5-2-6-10-16;2*5-1(6,3(9,10)11)2(7,8)4(12,13)17(14,15)16/h15-16H,1-14H2;2*(H,14,15,16). The number of carbonyl (C=O) groups excluding carboxylic acids is 1. The van der Waals surface area contributed by atoms with Crippen LogP contribution in [0.1, 0.15) is 64.2 Å². The van der Waals surface area contributed by atoms with Crippen LogP contribution in [0.5, 0.6) is 0 Å². The molecule has 0 saturated heterocycles. The molecule has 2 aliphatic rings. The topological polar surface area (TPSA) is 126 Å². The first-order valence-electron chi connectivity index (χ1n) is 14.9. The van der Waals surface area contributed by atoms with Crippen molar-refractivity contribution in [2.75, 3.05) is 23.0 Å². The van der Waals surface area contributed by atoms with Crippen LogP contribution < -0.4 is 0 Å². The van der Waals surface area contributed by atoms with Gasteiger partial charge in [0.15, 0.2) is 5.78 Å². The summed E-state index contributed by atoms with van der Waals surface area (Å²) in [4.78, 5) is 11.9. The number of alkyl halides is 18. The SMILES string of the molecule is O=C(CSCC1CCCCC1)CSCC1CCCCC1.O=S(=O)(O)C(F)(F)C(F)(F)C(F)(F)C(F)(F)F.O=S(=O)(O)C(F)(F)C(F)(F)C(F)(F)C(F)(F)F. The summed E-state index contributed by atoms with van der Waals surface area (Å²) in [6.45, 7) is 0. The highest BCUT2D eigenvalue weighted by Crippen LogP contribution is 2.55. The van der Waals surface area contributed by atoms with Gasteiger partial charge in [-0.05, 0) is 49.0 Å². The fourth-order valence-electron chi connectivity index (χ4n) is 4.47. The minimum absolute atomic E-state index is 0.464. The van der Waals surface area contributed by atoms with Crippen LogP contribution in [0.25, 0.3) is 0 Å². The number of carbonyl (C=O) groups is 1. The molecule has 0 heterocycles. The summed E-state index contributed by atoms with van der Waals surface area (Å²) in [5, 5.41) is -14.0. The van der Waals surface area contributed by atoms with Gasteiger partial charge in [0.1, 0.15) is 0 Å². The van der Waals surface area contributed by atoms with E-state index in [2.05, 4.69) is 0 Å². The third kappa shape index (κ3) is 13.0. The average molecular weight is 915 g/mol. The molecule has 0 aromatic carbocycles. The van der Waals surface area contributed by atoms with E-state index in [0.29, 0.717) is 5.78 Å². The van der Waals surface area contributed by atoms with Crippen LogP contribution in [-0.4, -0.2) is 101 Å². The van der Waals surface area contributed by atoms with E-state index in [-0.39, 0.29) is 0 Å². The van der Waals surface area contributed by atoms with Gasteiger partial charge >= 0.3 is 66.8 Å². The number of halogens is 18. The normalized spacial score (nSPS) is 18.3. The molecular weight excluding hydrogens is 883 g/mol. The largest absolute Gasteiger partial charge is 0.460 e. The summed E-state index contributed by atoms with van der Waals surface area (Å²) in [5.41, 5.74) is 0. The van der Waals surface area contributed by atoms with Gasteiger partial charge in [-0.2, -0.15) is 119 Å². The van der Waals surface area contributed by atoms with Gasteiger partial charge in [0.05, 0.1) is 11.5 Å². The molecule has 54 heavy (non-hydrogen) atoms. The van der Waals surface area contributed by atoms with E-state index in [9.17, 15) is 101 Å². The van der Waals surface area contributed by atoms with Crippen molar-refractivity contribution >= 4 is 49.5 Å². The highest BCUT2D eigenvalue weighted by molar-refractivity contribution is 8.01. The highest BCUT2D eigenvalue weighted by atomic mass is 32.2. The van der Waals surface area contributed by atoms with Crippen molar-refractivity contribution in [3.8, 4) is 0 Å². The smallest absolute Gasteiger partial charge is 0.298 e. The average Bonchev–Trinajstić information content (AvgIpc) is 3.00. The molecule has 2 fully saturated rings. The van der Waals surface area contributed by atoms with Crippen molar-refractivity contribution in [2.24, 2.45) is 11.8 Å². The van der Waals surface area contributed by atoms with E-state index in [1.54, 1.807) is 0 Å². The van der Waals surface area contributed by atoms with Crippen LogP contribution in [0.3, 0.4) is 0 Å². The summed E-state index contributed by atoms with van der Waals surface area (Å²) >= 11 is 3.78. The molecule has 0 aliphatic heterocycles. The van der Waals surface area contributed by atoms with Crippen molar-refractivity contribution in [3.05, 3.63) is 0 Å². The van der Waals surface area contributed by atoms with Gasteiger partial charge in [0.2, 0.25) is 0 Å². The maximum absolute atomic E-state index is 12.2. The summed E-state index contributed by atoms with van der Waals surface area (Å²) in [6, 6.07) is 0. The van der Waals surface area contributed by atoms with E-state index in [1.807, 2.05) is 23.5 Å². The molecule has 29 heteroatoms. The lowest BCUT2D eigenvalue weighted by Gasteiger charge is -2.31. The number of Topliss-reactive ketones (excluding diaryl/α,β-unsaturated/α-hetero) is 1. The summed E-state index contributed by atoms with van der Waals surface area (Å²) in [6.07, 6.45) is -0.158. The highest BCUT2D eigenvalue weighted by Gasteiger charge is 2.86. The first-order chi connectivity index (χ1) is 23.8. The summed E-state index contributed by atoms with van der Waals surface area (Å²) < 4.78 is 268. The molecular formula is C25H32F18O7S4. The molecule has 0 bridgehead atoms. The molecule has 2 N–H and O–H groups in total. The predicted octanol–water partition coefficient (Wildman–Crippen LogP) is 9.78. The van der Waals surface area contributed by atoms with Gasteiger partial charge in [-0.15, -0.1) is 0 Å². The Bertz CT molecular complexity index is 1300. The Morgan fingerprint density at radius 1 is 0.463 bits per heavy atom. The van der Waals surface area contributed by atoms with Crippen LogP contribution in [0.4, 0.5) is 79.0 Å². The fraction of sp³-hybridized carbons (Fsp3) is 0.960. The van der Waals surface area contributed by atoms with Gasteiger partial charge in [-0.25, -0.2) is 0 Å². The van der Waals surface area contributed by atoms with Crippen LogP contribution >= 0.6 is 23.5 Å². The molecule has 0 aromatic heterocycles. The van der Waals surface area contributed by atoms with Gasteiger partial charge in [-0.1, -0.05) is 38.5 Å². The molecule has 2 aliphatic carbocycles. The van der Waals surface area contributed by atoms with Crippen molar-refractivity contribution < 1.29 is 110 Å². The molecule has 0 atom stereocenters. The quantitative estimate of drug-likeness (QED) is 0.129. The number of thioether (sulfide) groups is 2. The van der Waals surface area contributed by atoms with Crippen LogP contribution in [0, 0.1) is 11.8 Å². The van der Waals surface area contributed by atoms with E-state index in [1.165, 1.54) is 75.7 Å². The number of hydrogen-bond donors (Lipinski definition) is 2. The molecule has 7 nitrogen and oxygen atoms in total. The number of rotatable bonds is 14. The molecule has 2 rings (SSSR count). The number of ketones is 1. The molecule has 2 saturated carbocycles. The second-order valence-corrected chi connectivity index (χ2v) is 16.8. The van der Waals surface area contributed by atoms with Gasteiger partial charge in [0, 0.05) is 0 Å². The van der Waals surface area contributed by atoms with Gasteiger partial charge < -0.3 is 0 Å². The summed E-state index contributed by atoms with van der Waals surface area (Å²) in [7, 11) is -14.3. The van der Waals surface area contributed by atoms with E-state index < -0.39 is 66.8 Å². The zero-order valence-corrected chi connectivity index (χ0v) is 30.2. The third-order valence-corrected chi connectivity index (χ3v) is 11.8. The Morgan fingerprint density at radius 3 is 0.907 bits per heavy atom. The monoisotopic (exact) mass is 914 g/mol. The molecule has 324 valence electrons.